The van der Waals surface area contributed by atoms with Crippen LogP contribution in [0, 0.1) is 0 Å². The Morgan fingerprint density at radius 1 is 0.205 bits per heavy atom. The SMILES string of the molecule is c1ccc(-c2ccc(-c3c4cccc(-c5cccc(C6(c7ccccc7)c7ccccc7Oc7ccccc76)c5)c4cc4c(-c5cccc(C6(c7ccccc7)c7ccccc7Oc7ccccc76)c5)cccc34)cc2)cc1. The fourth-order valence-corrected chi connectivity index (χ4v) is 13.2. The molecule has 0 fully saturated rings. The second kappa shape index (κ2) is 18.4. The number of hydrogen-bond donors (Lipinski definition) is 0. The normalized spacial score (nSPS) is 13.5. The molecule has 13 aromatic rings. The zero-order chi connectivity index (χ0) is 51.6. The van der Waals surface area contributed by atoms with Crippen molar-refractivity contribution in [3.8, 4) is 67.5 Å². The van der Waals surface area contributed by atoms with Crippen molar-refractivity contribution in [2.45, 2.75) is 10.8 Å². The number of para-hydroxylation sites is 4. The van der Waals surface area contributed by atoms with Crippen molar-refractivity contribution >= 4 is 21.5 Å². The van der Waals surface area contributed by atoms with E-state index >= 15 is 0 Å². The average Bonchev–Trinajstić information content (AvgIpc) is 3.67. The highest BCUT2D eigenvalue weighted by atomic mass is 16.5. The van der Waals surface area contributed by atoms with E-state index in [2.05, 4.69) is 303 Å². The third-order valence-electron chi connectivity index (χ3n) is 16.6. The molecule has 0 saturated heterocycles. The Bertz CT molecular complexity index is 4090. The van der Waals surface area contributed by atoms with E-state index in [1.807, 2.05) is 0 Å². The first kappa shape index (κ1) is 45.4. The lowest BCUT2D eigenvalue weighted by Crippen LogP contribution is -2.34. The van der Waals surface area contributed by atoms with E-state index in [0.29, 0.717) is 0 Å². The van der Waals surface area contributed by atoms with Gasteiger partial charge in [-0.1, -0.05) is 261 Å². The molecule has 0 N–H and O–H groups in total. The van der Waals surface area contributed by atoms with Crippen LogP contribution in [-0.4, -0.2) is 0 Å². The Morgan fingerprint density at radius 3 is 0.949 bits per heavy atom. The quantitative estimate of drug-likeness (QED) is 0.141. The third kappa shape index (κ3) is 6.97. The predicted octanol–water partition coefficient (Wildman–Crippen LogP) is 19.6. The first-order valence-electron chi connectivity index (χ1n) is 26.9. The minimum atomic E-state index is -0.660. The van der Waals surface area contributed by atoms with Crippen molar-refractivity contribution in [3.63, 3.8) is 0 Å². The summed E-state index contributed by atoms with van der Waals surface area (Å²) in [4.78, 5) is 0. The van der Waals surface area contributed by atoms with Gasteiger partial charge >= 0.3 is 0 Å². The molecule has 0 saturated carbocycles. The monoisotopic (exact) mass is 994 g/mol. The maximum Gasteiger partial charge on any atom is 0.132 e. The first-order chi connectivity index (χ1) is 38.7. The van der Waals surface area contributed by atoms with Gasteiger partial charge in [0.25, 0.3) is 0 Å². The van der Waals surface area contributed by atoms with Gasteiger partial charge in [0.1, 0.15) is 23.0 Å². The molecule has 0 radical (unpaired) electrons. The summed E-state index contributed by atoms with van der Waals surface area (Å²) in [5.74, 6) is 3.45. The van der Waals surface area contributed by atoms with Crippen LogP contribution in [0.15, 0.2) is 303 Å². The lowest BCUT2D eigenvalue weighted by molar-refractivity contribution is 0.434. The number of rotatable bonds is 8. The summed E-state index contributed by atoms with van der Waals surface area (Å²) >= 11 is 0. The molecular formula is C76H50O2. The van der Waals surface area contributed by atoms with Crippen LogP contribution in [0.2, 0.25) is 0 Å². The molecule has 0 amide bonds. The molecule has 15 rings (SSSR count). The Balaban J connectivity index is 0.984. The van der Waals surface area contributed by atoms with E-state index in [4.69, 9.17) is 9.47 Å². The smallest absolute Gasteiger partial charge is 0.132 e. The molecule has 0 aliphatic carbocycles. The summed E-state index contributed by atoms with van der Waals surface area (Å²) in [6, 6.07) is 111. The zero-order valence-electron chi connectivity index (χ0n) is 42.7. The lowest BCUT2D eigenvalue weighted by atomic mass is 9.63. The lowest BCUT2D eigenvalue weighted by Gasteiger charge is -2.41. The van der Waals surface area contributed by atoms with Gasteiger partial charge in [-0.05, 0) is 131 Å². The van der Waals surface area contributed by atoms with E-state index < -0.39 is 10.8 Å². The molecule has 0 bridgehead atoms. The van der Waals surface area contributed by atoms with Gasteiger partial charge in [0.15, 0.2) is 0 Å². The molecule has 2 heteroatoms. The maximum atomic E-state index is 6.72. The van der Waals surface area contributed by atoms with Crippen molar-refractivity contribution in [3.05, 3.63) is 348 Å². The van der Waals surface area contributed by atoms with Crippen molar-refractivity contribution in [1.29, 1.82) is 0 Å². The Labute approximate surface area is 454 Å². The molecule has 0 spiro atoms. The van der Waals surface area contributed by atoms with Crippen molar-refractivity contribution in [2.24, 2.45) is 0 Å². The summed E-state index contributed by atoms with van der Waals surface area (Å²) in [6.45, 7) is 0. The van der Waals surface area contributed by atoms with Gasteiger partial charge in [-0.25, -0.2) is 0 Å². The molecule has 0 atom stereocenters. The Kier molecular flexibility index (Phi) is 10.7. The predicted molar refractivity (Wildman–Crippen MR) is 320 cm³/mol. The van der Waals surface area contributed by atoms with Crippen LogP contribution < -0.4 is 9.47 Å². The van der Waals surface area contributed by atoms with Crippen LogP contribution in [-0.2, 0) is 10.8 Å². The molecule has 2 aliphatic rings. The summed E-state index contributed by atoms with van der Waals surface area (Å²) < 4.78 is 13.4. The second-order valence-electron chi connectivity index (χ2n) is 20.6. The first-order valence-corrected chi connectivity index (χ1v) is 26.9. The van der Waals surface area contributed by atoms with Crippen LogP contribution in [0.4, 0.5) is 0 Å². The highest BCUT2D eigenvalue weighted by Gasteiger charge is 2.47. The van der Waals surface area contributed by atoms with Gasteiger partial charge in [-0.15, -0.1) is 0 Å². The van der Waals surface area contributed by atoms with Crippen LogP contribution in [0.5, 0.6) is 23.0 Å². The number of ether oxygens (including phenoxy) is 2. The van der Waals surface area contributed by atoms with Gasteiger partial charge in [-0.3, -0.25) is 0 Å². The second-order valence-corrected chi connectivity index (χ2v) is 20.6. The average molecular weight is 995 g/mol. The summed E-state index contributed by atoms with van der Waals surface area (Å²) in [5.41, 5.74) is 17.2. The molecule has 0 unspecified atom stereocenters. The fraction of sp³-hybridized carbons (Fsp3) is 0.0263. The van der Waals surface area contributed by atoms with E-state index in [0.717, 1.165) is 67.5 Å². The van der Waals surface area contributed by atoms with Gasteiger partial charge in [0.2, 0.25) is 0 Å². The van der Waals surface area contributed by atoms with E-state index in [1.165, 1.54) is 66.1 Å². The molecular weight excluding hydrogens is 945 g/mol. The molecule has 0 aromatic heterocycles. The van der Waals surface area contributed by atoms with Gasteiger partial charge in [0.05, 0.1) is 10.8 Å². The summed E-state index contributed by atoms with van der Waals surface area (Å²) in [5, 5.41) is 4.76. The molecule has 13 aromatic carbocycles. The van der Waals surface area contributed by atoms with Gasteiger partial charge in [0, 0.05) is 22.3 Å². The molecule has 2 aliphatic heterocycles. The van der Waals surface area contributed by atoms with Gasteiger partial charge in [-0.2, -0.15) is 0 Å². The summed E-state index contributed by atoms with van der Waals surface area (Å²) in [6.07, 6.45) is 0. The largest absolute Gasteiger partial charge is 0.457 e. The standard InChI is InChI=1S/C76H50O2/c1-4-22-51(23-5-1)52-44-46-53(47-45-52)74-62-34-20-32-60(54-24-18-30-58(48-54)75(56-26-6-2-7-27-56)66-36-10-14-40-70(66)77-71-41-15-11-37-67(71)75)64(62)50-65-61(33-21-35-63(65)74)55-25-19-31-59(49-55)76(57-28-8-3-9-29-57)68-38-12-16-42-72(68)78-73-43-17-13-39-69(73)76/h1-50H. The number of benzene rings is 13. The molecule has 78 heavy (non-hydrogen) atoms. The molecule has 2 heterocycles. The highest BCUT2D eigenvalue weighted by Crippen LogP contribution is 2.58. The Morgan fingerprint density at radius 2 is 0.526 bits per heavy atom. The van der Waals surface area contributed by atoms with E-state index in [9.17, 15) is 0 Å². The van der Waals surface area contributed by atoms with Crippen LogP contribution in [0.25, 0.3) is 66.1 Å². The van der Waals surface area contributed by atoms with Crippen molar-refractivity contribution in [1.82, 2.24) is 0 Å². The van der Waals surface area contributed by atoms with Crippen LogP contribution in [0.3, 0.4) is 0 Å². The minimum absolute atomic E-state index is 0.660. The molecule has 2 nitrogen and oxygen atoms in total. The van der Waals surface area contributed by atoms with Crippen molar-refractivity contribution in [2.75, 3.05) is 0 Å². The van der Waals surface area contributed by atoms with Gasteiger partial charge < -0.3 is 9.47 Å². The molecule has 366 valence electrons. The summed E-state index contributed by atoms with van der Waals surface area (Å²) in [7, 11) is 0. The highest BCUT2D eigenvalue weighted by molar-refractivity contribution is 6.19. The van der Waals surface area contributed by atoms with Crippen LogP contribution >= 0.6 is 0 Å². The number of fused-ring (bicyclic) bond motifs is 6. The topological polar surface area (TPSA) is 18.5 Å². The minimum Gasteiger partial charge on any atom is -0.457 e. The van der Waals surface area contributed by atoms with E-state index in [1.54, 1.807) is 0 Å². The van der Waals surface area contributed by atoms with E-state index in [-0.39, 0.29) is 0 Å². The fourth-order valence-electron chi connectivity index (χ4n) is 13.2. The third-order valence-corrected chi connectivity index (χ3v) is 16.6. The van der Waals surface area contributed by atoms with Crippen molar-refractivity contribution < 1.29 is 9.47 Å². The zero-order valence-corrected chi connectivity index (χ0v) is 42.7. The van der Waals surface area contributed by atoms with Crippen LogP contribution in [0.1, 0.15) is 44.5 Å². The maximum absolute atomic E-state index is 6.72. The number of hydrogen-bond acceptors (Lipinski definition) is 2. The Hall–Kier alpha value is -10.0.